The summed E-state index contributed by atoms with van der Waals surface area (Å²) in [5.41, 5.74) is 2.17. The van der Waals surface area contributed by atoms with E-state index in [0.29, 0.717) is 24.8 Å². The van der Waals surface area contributed by atoms with E-state index in [1.54, 1.807) is 6.08 Å². The lowest BCUT2D eigenvalue weighted by Crippen LogP contribution is -2.35. The maximum Gasteiger partial charge on any atom is 0.334 e. The lowest BCUT2D eigenvalue weighted by Gasteiger charge is -2.28. The number of esters is 2. The van der Waals surface area contributed by atoms with E-state index >= 15 is 0 Å². The van der Waals surface area contributed by atoms with Crippen molar-refractivity contribution in [3.8, 4) is 0 Å². The molecule has 25 heavy (non-hydrogen) atoms. The fraction of sp³-hybridized carbons (Fsp3) is 0.600. The molecule has 1 aliphatic heterocycles. The molecule has 0 radical (unpaired) electrons. The number of aliphatic hydroxyl groups is 1. The maximum absolute atomic E-state index is 12.3. The van der Waals surface area contributed by atoms with E-state index in [4.69, 9.17) is 9.47 Å². The summed E-state index contributed by atoms with van der Waals surface area (Å²) in [5, 5.41) is 10.2. The summed E-state index contributed by atoms with van der Waals surface area (Å²) in [7, 11) is 0. The first-order valence-corrected chi connectivity index (χ1v) is 8.85. The van der Waals surface area contributed by atoms with Crippen molar-refractivity contribution in [3.05, 3.63) is 35.5 Å². The van der Waals surface area contributed by atoms with Gasteiger partial charge in [0, 0.05) is 12.0 Å². The van der Waals surface area contributed by atoms with Crippen LogP contribution in [0.25, 0.3) is 0 Å². The second-order valence-electron chi connectivity index (χ2n) is 7.21. The van der Waals surface area contributed by atoms with Crippen molar-refractivity contribution in [1.29, 1.82) is 0 Å². The van der Waals surface area contributed by atoms with Crippen LogP contribution < -0.4 is 0 Å². The van der Waals surface area contributed by atoms with Crippen LogP contribution in [0.15, 0.2) is 35.5 Å². The standard InChI is InChI=1S/C20H28O5/c1-6-13(4)19(22)24-16-9-11(2)7-15(21)8-12(3)10-17-18(16)14(5)20(23)25-17/h7,10,13,15-18,21H,5-6,8-9H2,1-4H3/b11-7-,12-10+/t13-,15-,16-,17-,18-/m1/s1. The Bertz CT molecular complexity index is 616. The van der Waals surface area contributed by atoms with Crippen molar-refractivity contribution in [1.82, 2.24) is 0 Å². The summed E-state index contributed by atoms with van der Waals surface area (Å²) in [4.78, 5) is 24.4. The van der Waals surface area contributed by atoms with Crippen LogP contribution in [0.1, 0.15) is 47.0 Å². The normalized spacial score (nSPS) is 35.6. The zero-order valence-corrected chi connectivity index (χ0v) is 15.5. The van der Waals surface area contributed by atoms with Gasteiger partial charge in [-0.2, -0.15) is 0 Å². The molecule has 1 heterocycles. The third kappa shape index (κ3) is 4.60. The molecule has 0 aromatic heterocycles. The summed E-state index contributed by atoms with van der Waals surface area (Å²) in [6.07, 6.45) is 3.53. The van der Waals surface area contributed by atoms with Crippen LogP contribution in [0.4, 0.5) is 0 Å². The van der Waals surface area contributed by atoms with Gasteiger partial charge in [-0.25, -0.2) is 4.79 Å². The van der Waals surface area contributed by atoms with Crippen LogP contribution in [0, 0.1) is 11.8 Å². The number of hydrogen-bond acceptors (Lipinski definition) is 5. The second-order valence-corrected chi connectivity index (χ2v) is 7.21. The third-order valence-corrected chi connectivity index (χ3v) is 4.92. The molecule has 0 spiro atoms. The summed E-state index contributed by atoms with van der Waals surface area (Å²) < 4.78 is 11.2. The van der Waals surface area contributed by atoms with Gasteiger partial charge in [0.25, 0.3) is 0 Å². The minimum absolute atomic E-state index is 0.215. The Kier molecular flexibility index (Phi) is 6.22. The van der Waals surface area contributed by atoms with Crippen LogP contribution in [0.2, 0.25) is 0 Å². The van der Waals surface area contributed by atoms with Gasteiger partial charge < -0.3 is 14.6 Å². The Morgan fingerprint density at radius 1 is 1.36 bits per heavy atom. The summed E-state index contributed by atoms with van der Waals surface area (Å²) in [6, 6.07) is 0. The van der Waals surface area contributed by atoms with Gasteiger partial charge in [0.15, 0.2) is 0 Å². The van der Waals surface area contributed by atoms with Crippen molar-refractivity contribution in [2.75, 3.05) is 0 Å². The van der Waals surface area contributed by atoms with Gasteiger partial charge in [0.2, 0.25) is 0 Å². The van der Waals surface area contributed by atoms with Gasteiger partial charge >= 0.3 is 11.9 Å². The smallest absolute Gasteiger partial charge is 0.334 e. The molecule has 0 aromatic carbocycles. The van der Waals surface area contributed by atoms with Crippen LogP contribution in [0.3, 0.4) is 0 Å². The monoisotopic (exact) mass is 348 g/mol. The Morgan fingerprint density at radius 3 is 2.64 bits per heavy atom. The Balaban J connectivity index is 2.39. The Labute approximate surface area is 149 Å². The SMILES string of the molecule is C=C1C(=O)O[C@@H]2/C=C(\C)C[C@H](O)/C=C(/C)C[C@@H](OC(=O)[C@H](C)CC)[C@@H]12. The molecule has 5 heteroatoms. The van der Waals surface area contributed by atoms with E-state index in [9.17, 15) is 14.7 Å². The van der Waals surface area contributed by atoms with Crippen molar-refractivity contribution in [2.45, 2.75) is 65.3 Å². The average molecular weight is 348 g/mol. The summed E-state index contributed by atoms with van der Waals surface area (Å²) in [5.74, 6) is -1.36. The molecular weight excluding hydrogens is 320 g/mol. The number of rotatable bonds is 3. The zero-order chi connectivity index (χ0) is 18.7. The number of carbonyl (C=O) groups excluding carboxylic acids is 2. The maximum atomic E-state index is 12.3. The van der Waals surface area contributed by atoms with Crippen LogP contribution in [0.5, 0.6) is 0 Å². The second kappa shape index (κ2) is 8.00. The van der Waals surface area contributed by atoms with Crippen LogP contribution in [-0.2, 0) is 19.1 Å². The van der Waals surface area contributed by atoms with Gasteiger partial charge in [-0.3, -0.25) is 4.79 Å². The molecule has 138 valence electrons. The first-order valence-electron chi connectivity index (χ1n) is 8.85. The highest BCUT2D eigenvalue weighted by Gasteiger charge is 2.44. The van der Waals surface area contributed by atoms with E-state index in [1.165, 1.54) is 0 Å². The van der Waals surface area contributed by atoms with Crippen molar-refractivity contribution in [2.24, 2.45) is 11.8 Å². The molecule has 2 rings (SSSR count). The summed E-state index contributed by atoms with van der Waals surface area (Å²) >= 11 is 0. The number of ether oxygens (including phenoxy) is 2. The average Bonchev–Trinajstić information content (AvgIpc) is 2.78. The topological polar surface area (TPSA) is 72.8 Å². The van der Waals surface area contributed by atoms with E-state index in [2.05, 4.69) is 6.58 Å². The third-order valence-electron chi connectivity index (χ3n) is 4.92. The lowest BCUT2D eigenvalue weighted by atomic mass is 9.85. The molecule has 1 fully saturated rings. The first-order chi connectivity index (χ1) is 11.7. The van der Waals surface area contributed by atoms with Gasteiger partial charge in [-0.05, 0) is 32.8 Å². The predicted octanol–water partition coefficient (Wildman–Crippen LogP) is 3.09. The fourth-order valence-corrected chi connectivity index (χ4v) is 3.31. The predicted molar refractivity (Wildman–Crippen MR) is 94.6 cm³/mol. The van der Waals surface area contributed by atoms with E-state index in [-0.39, 0.29) is 11.9 Å². The van der Waals surface area contributed by atoms with Gasteiger partial charge in [-0.15, -0.1) is 0 Å². The molecule has 5 atom stereocenters. The lowest BCUT2D eigenvalue weighted by molar-refractivity contribution is -0.156. The van der Waals surface area contributed by atoms with Gasteiger partial charge in [0.1, 0.15) is 12.2 Å². The molecule has 0 amide bonds. The quantitative estimate of drug-likeness (QED) is 0.482. The van der Waals surface area contributed by atoms with E-state index in [0.717, 1.165) is 11.1 Å². The number of aliphatic hydroxyl groups excluding tert-OH is 1. The van der Waals surface area contributed by atoms with E-state index in [1.807, 2.05) is 33.8 Å². The van der Waals surface area contributed by atoms with Gasteiger partial charge in [-0.1, -0.05) is 37.6 Å². The molecule has 2 aliphatic rings. The zero-order valence-electron chi connectivity index (χ0n) is 15.5. The Morgan fingerprint density at radius 2 is 2.00 bits per heavy atom. The van der Waals surface area contributed by atoms with Gasteiger partial charge in [0.05, 0.1) is 17.9 Å². The molecule has 0 unspecified atom stereocenters. The molecule has 1 N–H and O–H groups in total. The minimum atomic E-state index is -0.612. The highest BCUT2D eigenvalue weighted by molar-refractivity contribution is 5.91. The first kappa shape index (κ1) is 19.4. The highest BCUT2D eigenvalue weighted by Crippen LogP contribution is 2.36. The van der Waals surface area contributed by atoms with Crippen molar-refractivity contribution >= 4 is 11.9 Å². The van der Waals surface area contributed by atoms with E-state index < -0.39 is 30.2 Å². The molecule has 0 bridgehead atoms. The number of fused-ring (bicyclic) bond motifs is 1. The molecule has 1 saturated heterocycles. The largest absolute Gasteiger partial charge is 0.461 e. The summed E-state index contributed by atoms with van der Waals surface area (Å²) in [6.45, 7) is 11.4. The molecular formula is C20H28O5. The Hall–Kier alpha value is -1.88. The molecule has 5 nitrogen and oxygen atoms in total. The number of carbonyl (C=O) groups is 2. The highest BCUT2D eigenvalue weighted by atomic mass is 16.6. The molecule has 1 aliphatic carbocycles. The number of hydrogen-bond donors (Lipinski definition) is 1. The van der Waals surface area contributed by atoms with Crippen LogP contribution >= 0.6 is 0 Å². The van der Waals surface area contributed by atoms with Crippen LogP contribution in [-0.4, -0.2) is 35.4 Å². The fourth-order valence-electron chi connectivity index (χ4n) is 3.31. The van der Waals surface area contributed by atoms with Crippen molar-refractivity contribution < 1.29 is 24.2 Å². The molecule has 0 aromatic rings. The molecule has 0 saturated carbocycles. The van der Waals surface area contributed by atoms with Crippen molar-refractivity contribution in [3.63, 3.8) is 0 Å². The minimum Gasteiger partial charge on any atom is -0.461 e.